The smallest absolute Gasteiger partial charge is 0.251 e. The van der Waals surface area contributed by atoms with Crippen molar-refractivity contribution in [1.29, 1.82) is 0 Å². The number of H-pyrrole nitrogens is 1. The molecule has 0 fully saturated rings. The van der Waals surface area contributed by atoms with Crippen molar-refractivity contribution in [2.75, 3.05) is 24.2 Å². The number of aromatic nitrogens is 5. The fraction of sp³-hybridized carbons (Fsp3) is 0.150. The van der Waals surface area contributed by atoms with Crippen LogP contribution in [0.3, 0.4) is 0 Å². The van der Waals surface area contributed by atoms with E-state index < -0.39 is 0 Å². The molecule has 0 saturated heterocycles. The highest BCUT2D eigenvalue weighted by Gasteiger charge is 2.07. The highest BCUT2D eigenvalue weighted by molar-refractivity contribution is 6.31. The third kappa shape index (κ3) is 4.64. The summed E-state index contributed by atoms with van der Waals surface area (Å²) >= 11 is 6.01. The van der Waals surface area contributed by atoms with Crippen molar-refractivity contribution < 1.29 is 4.79 Å². The van der Waals surface area contributed by atoms with Gasteiger partial charge < -0.3 is 20.9 Å². The summed E-state index contributed by atoms with van der Waals surface area (Å²) in [5, 5.41) is 9.51. The normalized spacial score (nSPS) is 10.7. The Morgan fingerprint density at radius 2 is 1.97 bits per heavy atom. The van der Waals surface area contributed by atoms with Gasteiger partial charge in [-0.15, -0.1) is 0 Å². The van der Waals surface area contributed by atoms with Crippen molar-refractivity contribution in [3.8, 4) is 0 Å². The average molecular weight is 423 g/mol. The van der Waals surface area contributed by atoms with E-state index in [1.807, 2.05) is 24.3 Å². The van der Waals surface area contributed by atoms with E-state index in [1.165, 1.54) is 6.33 Å². The molecule has 4 rings (SSSR count). The maximum atomic E-state index is 11.8. The van der Waals surface area contributed by atoms with Crippen LogP contribution in [0.15, 0.2) is 48.8 Å². The maximum Gasteiger partial charge on any atom is 0.251 e. The van der Waals surface area contributed by atoms with E-state index in [9.17, 15) is 4.79 Å². The zero-order valence-corrected chi connectivity index (χ0v) is 16.9. The monoisotopic (exact) mass is 422 g/mol. The van der Waals surface area contributed by atoms with Gasteiger partial charge in [-0.1, -0.05) is 17.7 Å². The highest BCUT2D eigenvalue weighted by Crippen LogP contribution is 2.18. The summed E-state index contributed by atoms with van der Waals surface area (Å²) in [6, 6.07) is 12.6. The van der Waals surface area contributed by atoms with Gasteiger partial charge in [0.2, 0.25) is 11.9 Å². The van der Waals surface area contributed by atoms with Crippen LogP contribution in [0.25, 0.3) is 11.0 Å². The second-order valence-corrected chi connectivity index (χ2v) is 6.88. The Morgan fingerprint density at radius 3 is 2.83 bits per heavy atom. The topological polar surface area (TPSA) is 121 Å². The Hall–Kier alpha value is -3.72. The van der Waals surface area contributed by atoms with Crippen molar-refractivity contribution in [2.45, 2.75) is 6.42 Å². The molecule has 0 aliphatic heterocycles. The molecule has 10 heteroatoms. The van der Waals surface area contributed by atoms with Crippen LogP contribution in [0.5, 0.6) is 0 Å². The van der Waals surface area contributed by atoms with E-state index in [1.54, 1.807) is 25.2 Å². The van der Waals surface area contributed by atoms with Gasteiger partial charge in [-0.25, -0.2) is 15.0 Å². The van der Waals surface area contributed by atoms with Gasteiger partial charge in [-0.2, -0.15) is 4.98 Å². The molecule has 30 heavy (non-hydrogen) atoms. The zero-order chi connectivity index (χ0) is 20.9. The quantitative estimate of drug-likeness (QED) is 0.361. The second-order valence-electron chi connectivity index (χ2n) is 6.44. The number of rotatable bonds is 7. The molecule has 0 radical (unpaired) electrons. The van der Waals surface area contributed by atoms with Crippen LogP contribution in [0, 0.1) is 0 Å². The minimum atomic E-state index is -0.162. The standard InChI is InChI=1S/C20H19ClN8O/c1-22-18(30)12-3-2-4-14(9-12)26-20-25-11-24-19(29-20)23-8-7-17-27-15-6-5-13(21)10-16(15)28-17/h2-6,9-11H,7-8H2,1H3,(H,22,30)(H,27,28)(H2,23,24,25,26,29). The molecule has 152 valence electrons. The van der Waals surface area contributed by atoms with E-state index in [-0.39, 0.29) is 5.91 Å². The van der Waals surface area contributed by atoms with E-state index in [0.717, 1.165) is 16.9 Å². The molecule has 0 aliphatic rings. The minimum Gasteiger partial charge on any atom is -0.355 e. The van der Waals surface area contributed by atoms with Gasteiger partial charge in [0, 0.05) is 36.3 Å². The number of carbonyl (C=O) groups is 1. The average Bonchev–Trinajstić information content (AvgIpc) is 3.15. The fourth-order valence-corrected chi connectivity index (χ4v) is 3.07. The van der Waals surface area contributed by atoms with Crippen LogP contribution in [-0.2, 0) is 6.42 Å². The van der Waals surface area contributed by atoms with Gasteiger partial charge in [-0.05, 0) is 36.4 Å². The lowest BCUT2D eigenvalue weighted by Crippen LogP contribution is -2.17. The van der Waals surface area contributed by atoms with E-state index in [0.29, 0.717) is 41.1 Å². The number of anilines is 3. The molecule has 0 bridgehead atoms. The zero-order valence-electron chi connectivity index (χ0n) is 16.1. The largest absolute Gasteiger partial charge is 0.355 e. The first-order chi connectivity index (χ1) is 14.6. The predicted octanol–water partition coefficient (Wildman–Crippen LogP) is 3.16. The van der Waals surface area contributed by atoms with Crippen molar-refractivity contribution in [1.82, 2.24) is 30.2 Å². The van der Waals surface area contributed by atoms with Crippen LogP contribution in [-0.4, -0.2) is 44.4 Å². The fourth-order valence-electron chi connectivity index (χ4n) is 2.90. The molecule has 1 amide bonds. The van der Waals surface area contributed by atoms with E-state index in [2.05, 4.69) is 40.9 Å². The maximum absolute atomic E-state index is 11.8. The highest BCUT2D eigenvalue weighted by atomic mass is 35.5. The number of aromatic amines is 1. The van der Waals surface area contributed by atoms with Crippen LogP contribution in [0.1, 0.15) is 16.2 Å². The summed E-state index contributed by atoms with van der Waals surface area (Å²) in [5.74, 6) is 1.50. The number of carbonyl (C=O) groups excluding carboxylic acids is 1. The SMILES string of the molecule is CNC(=O)c1cccc(Nc2ncnc(NCCc3nc4ccc(Cl)cc4[nH]3)n2)c1. The molecular formula is C20H19ClN8O. The number of amides is 1. The van der Waals surface area contributed by atoms with Crippen molar-refractivity contribution in [2.24, 2.45) is 0 Å². The molecule has 0 aliphatic carbocycles. The summed E-state index contributed by atoms with van der Waals surface area (Å²) in [7, 11) is 1.59. The Kier molecular flexibility index (Phi) is 5.71. The number of hydrogen-bond acceptors (Lipinski definition) is 7. The van der Waals surface area contributed by atoms with Crippen LogP contribution < -0.4 is 16.0 Å². The van der Waals surface area contributed by atoms with Crippen molar-refractivity contribution in [3.05, 3.63) is 65.2 Å². The molecule has 0 unspecified atom stereocenters. The minimum absolute atomic E-state index is 0.162. The second kappa shape index (κ2) is 8.75. The number of hydrogen-bond donors (Lipinski definition) is 4. The van der Waals surface area contributed by atoms with E-state index >= 15 is 0 Å². The van der Waals surface area contributed by atoms with Gasteiger partial charge in [0.1, 0.15) is 12.2 Å². The van der Waals surface area contributed by atoms with Crippen LogP contribution in [0.2, 0.25) is 5.02 Å². The van der Waals surface area contributed by atoms with Crippen LogP contribution >= 0.6 is 11.6 Å². The first-order valence-electron chi connectivity index (χ1n) is 9.27. The summed E-state index contributed by atoms with van der Waals surface area (Å²) < 4.78 is 0. The number of imidazole rings is 1. The van der Waals surface area contributed by atoms with Crippen LogP contribution in [0.4, 0.5) is 17.6 Å². The predicted molar refractivity (Wildman–Crippen MR) is 116 cm³/mol. The number of fused-ring (bicyclic) bond motifs is 1. The van der Waals surface area contributed by atoms with Crippen molar-refractivity contribution >= 4 is 46.1 Å². The van der Waals surface area contributed by atoms with E-state index in [4.69, 9.17) is 11.6 Å². The molecule has 9 nitrogen and oxygen atoms in total. The Morgan fingerprint density at radius 1 is 1.10 bits per heavy atom. The van der Waals surface area contributed by atoms with Gasteiger partial charge in [0.25, 0.3) is 5.91 Å². The van der Waals surface area contributed by atoms with Gasteiger partial charge >= 0.3 is 0 Å². The number of halogens is 1. The molecule has 0 saturated carbocycles. The van der Waals surface area contributed by atoms with Gasteiger partial charge in [-0.3, -0.25) is 4.79 Å². The third-order valence-electron chi connectivity index (χ3n) is 4.32. The molecule has 4 aromatic rings. The summed E-state index contributed by atoms with van der Waals surface area (Å²) in [6.07, 6.45) is 2.08. The summed E-state index contributed by atoms with van der Waals surface area (Å²) in [6.45, 7) is 0.586. The molecule has 2 aromatic carbocycles. The molecule has 0 spiro atoms. The van der Waals surface area contributed by atoms with Gasteiger partial charge in [0.15, 0.2) is 0 Å². The first-order valence-corrected chi connectivity index (χ1v) is 9.65. The molecule has 2 heterocycles. The van der Waals surface area contributed by atoms with Crippen molar-refractivity contribution in [3.63, 3.8) is 0 Å². The lowest BCUT2D eigenvalue weighted by atomic mass is 10.2. The number of nitrogens with zero attached hydrogens (tertiary/aromatic N) is 4. The molecule has 4 N–H and O–H groups in total. The Labute approximate surface area is 177 Å². The summed E-state index contributed by atoms with van der Waals surface area (Å²) in [5.41, 5.74) is 3.03. The molecule has 0 atom stereocenters. The van der Waals surface area contributed by atoms with Gasteiger partial charge in [0.05, 0.1) is 11.0 Å². The molecular weight excluding hydrogens is 404 g/mol. The third-order valence-corrected chi connectivity index (χ3v) is 4.55. The molecule has 2 aromatic heterocycles. The Balaban J connectivity index is 1.38. The lowest BCUT2D eigenvalue weighted by Gasteiger charge is -2.08. The number of benzene rings is 2. The summed E-state index contributed by atoms with van der Waals surface area (Å²) in [4.78, 5) is 32.2. The first kappa shape index (κ1) is 19.6. The Bertz CT molecular complexity index is 1190. The number of nitrogens with one attached hydrogen (secondary N) is 4. The lowest BCUT2D eigenvalue weighted by molar-refractivity contribution is 0.0963.